The van der Waals surface area contributed by atoms with E-state index in [4.69, 9.17) is 9.47 Å². The van der Waals surface area contributed by atoms with Gasteiger partial charge >= 0.3 is 11.8 Å². The first kappa shape index (κ1) is 32.9. The number of hydrogen-bond donors (Lipinski definition) is 3. The highest BCUT2D eigenvalue weighted by molar-refractivity contribution is 6.39. The average Bonchev–Trinajstić information content (AvgIpc) is 3.05. The van der Waals surface area contributed by atoms with Crippen molar-refractivity contribution in [3.63, 3.8) is 0 Å². The molecule has 0 atom stereocenters. The molecule has 2 heterocycles. The fourth-order valence-electron chi connectivity index (χ4n) is 5.49. The summed E-state index contributed by atoms with van der Waals surface area (Å²) >= 11 is 0. The largest absolute Gasteiger partial charge is 0.493 e. The van der Waals surface area contributed by atoms with Crippen molar-refractivity contribution in [1.82, 2.24) is 15.6 Å². The highest BCUT2D eigenvalue weighted by Crippen LogP contribution is 2.35. The maximum atomic E-state index is 15.1. The number of nitrogens with zero attached hydrogens (tertiary/aromatic N) is 1. The molecule has 0 radical (unpaired) electrons. The van der Waals surface area contributed by atoms with E-state index < -0.39 is 17.6 Å². The number of aromatic nitrogens is 1. The highest BCUT2D eigenvalue weighted by atomic mass is 19.1. The number of piperidine rings is 1. The summed E-state index contributed by atoms with van der Waals surface area (Å²) in [7, 11) is 0. The van der Waals surface area contributed by atoms with E-state index in [1.807, 2.05) is 24.3 Å². The van der Waals surface area contributed by atoms with E-state index in [-0.39, 0.29) is 16.9 Å². The normalized spacial score (nSPS) is 13.8. The Balaban J connectivity index is 1.18. The zero-order valence-corrected chi connectivity index (χ0v) is 27.0. The van der Waals surface area contributed by atoms with Crippen molar-refractivity contribution >= 4 is 28.4 Å². The summed E-state index contributed by atoms with van der Waals surface area (Å²) in [6.07, 6.45) is 5.15. The summed E-state index contributed by atoms with van der Waals surface area (Å²) in [4.78, 5) is 29.4. The van der Waals surface area contributed by atoms with Crippen LogP contribution in [0.2, 0.25) is 0 Å². The van der Waals surface area contributed by atoms with E-state index >= 15 is 4.39 Å². The van der Waals surface area contributed by atoms with Gasteiger partial charge in [0.2, 0.25) is 0 Å². The summed E-state index contributed by atoms with van der Waals surface area (Å²) in [6.45, 7) is 11.5. The number of anilines is 1. The number of rotatable bonds is 10. The number of fused-ring (bicyclic) bond motifs is 1. The number of ether oxygens (including phenoxy) is 2. The van der Waals surface area contributed by atoms with Gasteiger partial charge in [0.25, 0.3) is 0 Å². The third-order valence-corrected chi connectivity index (χ3v) is 8.33. The van der Waals surface area contributed by atoms with E-state index in [2.05, 4.69) is 60.8 Å². The van der Waals surface area contributed by atoms with Gasteiger partial charge in [-0.2, -0.15) is 0 Å². The van der Waals surface area contributed by atoms with Gasteiger partial charge in [0.1, 0.15) is 11.5 Å². The monoisotopic (exact) mass is 626 g/mol. The maximum absolute atomic E-state index is 15.1. The van der Waals surface area contributed by atoms with E-state index in [0.717, 1.165) is 60.7 Å². The zero-order valence-electron chi connectivity index (χ0n) is 27.0. The van der Waals surface area contributed by atoms with Gasteiger partial charge in [-0.1, -0.05) is 52.0 Å². The van der Waals surface area contributed by atoms with Gasteiger partial charge < -0.3 is 25.4 Å². The van der Waals surface area contributed by atoms with E-state index in [1.54, 1.807) is 12.3 Å². The minimum absolute atomic E-state index is 0.0169. The molecule has 0 aliphatic carbocycles. The molecule has 3 aromatic carbocycles. The maximum Gasteiger partial charge on any atom is 0.313 e. The van der Waals surface area contributed by atoms with Crippen LogP contribution in [0.3, 0.4) is 0 Å². The molecule has 0 bridgehead atoms. The Morgan fingerprint density at radius 1 is 0.957 bits per heavy atom. The fraction of sp³-hybridized carbons (Fsp3) is 0.378. The zero-order chi connectivity index (χ0) is 32.7. The molecular formula is C37H43FN4O4. The SMILES string of the molecule is CCc1cc2c(Oc3ccc(NC(=O)C(=O)NCCc4ccc(C(C)(C)C)cc4)cc3F)ccnc2cc1OCC1CCNCC1. The molecular weight excluding hydrogens is 583 g/mol. The summed E-state index contributed by atoms with van der Waals surface area (Å²) < 4.78 is 27.4. The van der Waals surface area contributed by atoms with Gasteiger partial charge in [-0.25, -0.2) is 4.39 Å². The lowest BCUT2D eigenvalue weighted by molar-refractivity contribution is -0.136. The van der Waals surface area contributed by atoms with Crippen LogP contribution in [0.1, 0.15) is 57.2 Å². The van der Waals surface area contributed by atoms with Crippen molar-refractivity contribution in [1.29, 1.82) is 0 Å². The predicted molar refractivity (Wildman–Crippen MR) is 179 cm³/mol. The molecule has 8 nitrogen and oxygen atoms in total. The summed E-state index contributed by atoms with van der Waals surface area (Å²) in [5.74, 6) is -0.578. The average molecular weight is 627 g/mol. The molecule has 3 N–H and O–H groups in total. The number of pyridine rings is 1. The molecule has 242 valence electrons. The van der Waals surface area contributed by atoms with Crippen LogP contribution in [0.15, 0.2) is 66.9 Å². The minimum Gasteiger partial charge on any atom is -0.493 e. The van der Waals surface area contributed by atoms with Crippen LogP contribution in [0.5, 0.6) is 17.2 Å². The van der Waals surface area contributed by atoms with Crippen LogP contribution >= 0.6 is 0 Å². The molecule has 0 saturated carbocycles. The molecule has 1 aliphatic heterocycles. The van der Waals surface area contributed by atoms with Crippen molar-refractivity contribution in [3.05, 3.63) is 89.4 Å². The summed E-state index contributed by atoms with van der Waals surface area (Å²) in [5.41, 5.74) is 4.20. The van der Waals surface area contributed by atoms with Crippen LogP contribution in [-0.2, 0) is 27.8 Å². The Kier molecular flexibility index (Phi) is 10.5. The third kappa shape index (κ3) is 8.40. The minimum atomic E-state index is -0.874. The van der Waals surface area contributed by atoms with E-state index in [1.165, 1.54) is 17.7 Å². The highest BCUT2D eigenvalue weighted by Gasteiger charge is 2.18. The molecule has 4 aromatic rings. The van der Waals surface area contributed by atoms with Gasteiger partial charge in [-0.15, -0.1) is 0 Å². The van der Waals surface area contributed by atoms with Crippen LogP contribution in [-0.4, -0.2) is 43.0 Å². The summed E-state index contributed by atoms with van der Waals surface area (Å²) in [5, 5.41) is 9.20. The summed E-state index contributed by atoms with van der Waals surface area (Å²) in [6, 6.07) is 17.9. The Labute approximate surface area is 270 Å². The number of amides is 2. The number of benzene rings is 3. The lowest BCUT2D eigenvalue weighted by Crippen LogP contribution is -2.36. The van der Waals surface area contributed by atoms with Crippen LogP contribution < -0.4 is 25.4 Å². The number of nitrogens with one attached hydrogen (secondary N) is 3. The number of halogens is 1. The van der Waals surface area contributed by atoms with Gasteiger partial charge in [0, 0.05) is 35.9 Å². The van der Waals surface area contributed by atoms with Gasteiger partial charge in [0.15, 0.2) is 11.6 Å². The number of hydrogen-bond acceptors (Lipinski definition) is 6. The van der Waals surface area contributed by atoms with Crippen molar-refractivity contribution in [2.75, 3.05) is 31.6 Å². The number of carbonyl (C=O) groups excluding carboxylic acids is 2. The topological polar surface area (TPSA) is 102 Å². The molecule has 46 heavy (non-hydrogen) atoms. The Bertz CT molecular complexity index is 1680. The molecule has 9 heteroatoms. The third-order valence-electron chi connectivity index (χ3n) is 8.33. The molecule has 1 aromatic heterocycles. The smallest absolute Gasteiger partial charge is 0.313 e. The Hall–Kier alpha value is -4.50. The predicted octanol–water partition coefficient (Wildman–Crippen LogP) is 6.70. The Morgan fingerprint density at radius 3 is 2.41 bits per heavy atom. The lowest BCUT2D eigenvalue weighted by atomic mass is 9.86. The van der Waals surface area contributed by atoms with Gasteiger partial charge in [-0.3, -0.25) is 14.6 Å². The molecule has 5 rings (SSSR count). The van der Waals surface area contributed by atoms with E-state index in [9.17, 15) is 9.59 Å². The van der Waals surface area contributed by atoms with Crippen LogP contribution in [0.25, 0.3) is 10.9 Å². The molecule has 1 aliphatic rings. The van der Waals surface area contributed by atoms with E-state index in [0.29, 0.717) is 36.8 Å². The number of aryl methyl sites for hydroxylation is 1. The first-order chi connectivity index (χ1) is 22.1. The lowest BCUT2D eigenvalue weighted by Gasteiger charge is -2.23. The van der Waals surface area contributed by atoms with Crippen molar-refractivity contribution < 1.29 is 23.5 Å². The first-order valence-electron chi connectivity index (χ1n) is 16.0. The van der Waals surface area contributed by atoms with Crippen LogP contribution in [0, 0.1) is 11.7 Å². The van der Waals surface area contributed by atoms with Crippen molar-refractivity contribution in [2.24, 2.45) is 5.92 Å². The molecule has 0 unspecified atom stereocenters. The quantitative estimate of drug-likeness (QED) is 0.169. The van der Waals surface area contributed by atoms with Gasteiger partial charge in [-0.05, 0) is 91.1 Å². The standard InChI is InChI=1S/C37H43FN4O4/c1-5-26-20-29-31(22-34(26)45-23-25-12-16-39-17-13-25)40-19-15-32(29)46-33-11-10-28(21-30(33)38)42-36(44)35(43)41-18-14-24-6-8-27(9-7-24)37(2,3)4/h6-11,15,19-22,25,39H,5,12-14,16-18,23H2,1-4H3,(H,41,43)(H,42,44). The molecule has 2 amide bonds. The molecule has 1 fully saturated rings. The van der Waals surface area contributed by atoms with Crippen molar-refractivity contribution in [2.45, 2.75) is 58.8 Å². The van der Waals surface area contributed by atoms with Crippen LogP contribution in [0.4, 0.5) is 10.1 Å². The fourth-order valence-corrected chi connectivity index (χ4v) is 5.49. The molecule has 0 spiro atoms. The van der Waals surface area contributed by atoms with Crippen molar-refractivity contribution in [3.8, 4) is 17.2 Å². The molecule has 1 saturated heterocycles. The second kappa shape index (κ2) is 14.7. The second-order valence-corrected chi connectivity index (χ2v) is 12.8. The van der Waals surface area contributed by atoms with Gasteiger partial charge in [0.05, 0.1) is 12.1 Å². The number of carbonyl (C=O) groups is 2. The first-order valence-corrected chi connectivity index (χ1v) is 16.0. The second-order valence-electron chi connectivity index (χ2n) is 12.8. The Morgan fingerprint density at radius 2 is 1.72 bits per heavy atom.